The van der Waals surface area contributed by atoms with Crippen molar-refractivity contribution >= 4 is 5.91 Å². The van der Waals surface area contributed by atoms with Crippen LogP contribution in [0.4, 0.5) is 0 Å². The highest BCUT2D eigenvalue weighted by atomic mass is 16.2. The molecule has 0 aliphatic heterocycles. The number of likely N-dealkylation sites (N-methyl/N-ethyl adjacent to an activating group) is 1. The van der Waals surface area contributed by atoms with Crippen LogP contribution in [0.1, 0.15) is 44.9 Å². The van der Waals surface area contributed by atoms with Gasteiger partial charge in [0.2, 0.25) is 5.91 Å². The van der Waals surface area contributed by atoms with Gasteiger partial charge in [0.25, 0.3) is 0 Å². The molecule has 0 radical (unpaired) electrons. The molecule has 0 aromatic rings. The van der Waals surface area contributed by atoms with E-state index in [-0.39, 0.29) is 18.0 Å². The van der Waals surface area contributed by atoms with Gasteiger partial charge in [-0.2, -0.15) is 0 Å². The zero-order valence-corrected chi connectivity index (χ0v) is 10.8. The molecule has 3 aliphatic carbocycles. The minimum absolute atomic E-state index is 0.135. The van der Waals surface area contributed by atoms with Crippen molar-refractivity contribution in [1.82, 2.24) is 4.90 Å². The first-order chi connectivity index (χ1) is 8.17. The van der Waals surface area contributed by atoms with E-state index in [4.69, 9.17) is 5.73 Å². The fourth-order valence-electron chi connectivity index (χ4n) is 5.00. The molecule has 3 aliphatic rings. The summed E-state index contributed by atoms with van der Waals surface area (Å²) in [4.78, 5) is 14.0. The summed E-state index contributed by atoms with van der Waals surface area (Å²) < 4.78 is 0. The van der Waals surface area contributed by atoms with Gasteiger partial charge in [0, 0.05) is 12.6 Å². The zero-order valence-electron chi connectivity index (χ0n) is 10.8. The lowest BCUT2D eigenvalue weighted by molar-refractivity contribution is -0.141. The fraction of sp³-hybridized carbons (Fsp3) is 0.929. The molecule has 17 heavy (non-hydrogen) atoms. The smallest absolute Gasteiger partial charge is 0.236 e. The summed E-state index contributed by atoms with van der Waals surface area (Å²) in [5.74, 6) is 2.74. The summed E-state index contributed by atoms with van der Waals surface area (Å²) in [5.41, 5.74) is 5.72. The summed E-state index contributed by atoms with van der Waals surface area (Å²) in [6.07, 6.45) is 9.27. The van der Waals surface area contributed by atoms with Gasteiger partial charge >= 0.3 is 0 Å². The van der Waals surface area contributed by atoms with Crippen molar-refractivity contribution in [3.05, 3.63) is 0 Å². The van der Waals surface area contributed by atoms with Crippen LogP contribution >= 0.6 is 0 Å². The number of amides is 1. The van der Waals surface area contributed by atoms with Crippen molar-refractivity contribution in [3.8, 4) is 0 Å². The van der Waals surface area contributed by atoms with Gasteiger partial charge in [-0.25, -0.2) is 0 Å². The average Bonchev–Trinajstić information content (AvgIpc) is 2.83. The van der Waals surface area contributed by atoms with Crippen LogP contribution < -0.4 is 5.73 Å². The summed E-state index contributed by atoms with van der Waals surface area (Å²) >= 11 is 0. The number of nitrogens with two attached hydrogens (primary N) is 1. The molecule has 3 rings (SSSR count). The molecule has 3 nitrogen and oxygen atoms in total. The highest BCUT2D eigenvalue weighted by molar-refractivity contribution is 5.78. The Hall–Kier alpha value is -0.570. The van der Waals surface area contributed by atoms with Crippen LogP contribution in [0, 0.1) is 17.8 Å². The van der Waals surface area contributed by atoms with Crippen molar-refractivity contribution in [1.29, 1.82) is 0 Å². The lowest BCUT2D eigenvalue weighted by atomic mass is 9.61. The number of hydrogen-bond acceptors (Lipinski definition) is 2. The average molecular weight is 236 g/mol. The Morgan fingerprint density at radius 1 is 1.35 bits per heavy atom. The molecule has 0 heterocycles. The normalized spacial score (nSPS) is 43.5. The monoisotopic (exact) mass is 236 g/mol. The second kappa shape index (κ2) is 3.98. The Morgan fingerprint density at radius 2 is 2.18 bits per heavy atom. The lowest BCUT2D eigenvalue weighted by Gasteiger charge is -2.54. The molecule has 3 fully saturated rings. The third-order valence-electron chi connectivity index (χ3n) is 5.92. The van der Waals surface area contributed by atoms with Crippen molar-refractivity contribution in [2.75, 3.05) is 13.6 Å². The molecule has 0 spiro atoms. The van der Waals surface area contributed by atoms with Crippen molar-refractivity contribution < 1.29 is 4.79 Å². The van der Waals surface area contributed by atoms with E-state index in [9.17, 15) is 4.79 Å². The SMILES string of the molecule is CN(C(=O)CN)C12CCCC(C1)C1CCC2C1. The van der Waals surface area contributed by atoms with Crippen LogP contribution in [0.5, 0.6) is 0 Å². The number of rotatable bonds is 2. The first kappa shape index (κ1) is 11.5. The van der Waals surface area contributed by atoms with E-state index in [0.717, 1.165) is 17.8 Å². The minimum atomic E-state index is 0.135. The molecule has 0 aromatic heterocycles. The maximum absolute atomic E-state index is 12.0. The van der Waals surface area contributed by atoms with Gasteiger partial charge < -0.3 is 10.6 Å². The Kier molecular flexibility index (Phi) is 2.69. The van der Waals surface area contributed by atoms with Gasteiger partial charge in [-0.05, 0) is 49.9 Å². The zero-order chi connectivity index (χ0) is 12.0. The molecule has 1 amide bonds. The third kappa shape index (κ3) is 1.55. The maximum Gasteiger partial charge on any atom is 0.236 e. The number of carbonyl (C=O) groups is 1. The van der Waals surface area contributed by atoms with E-state index in [1.165, 1.54) is 44.9 Å². The molecule has 0 saturated heterocycles. The van der Waals surface area contributed by atoms with Crippen LogP contribution in [0.15, 0.2) is 0 Å². The van der Waals surface area contributed by atoms with Crippen molar-refractivity contribution in [2.24, 2.45) is 23.5 Å². The van der Waals surface area contributed by atoms with Gasteiger partial charge in [-0.1, -0.05) is 12.8 Å². The molecule has 3 heteroatoms. The molecule has 3 saturated carbocycles. The summed E-state index contributed by atoms with van der Waals surface area (Å²) in [6, 6.07) is 0. The van der Waals surface area contributed by atoms with E-state index >= 15 is 0 Å². The predicted molar refractivity (Wildman–Crippen MR) is 67.3 cm³/mol. The quantitative estimate of drug-likeness (QED) is 0.794. The third-order valence-corrected chi connectivity index (χ3v) is 5.92. The molecule has 96 valence electrons. The van der Waals surface area contributed by atoms with E-state index in [0.29, 0.717) is 0 Å². The van der Waals surface area contributed by atoms with Gasteiger partial charge in [-0.3, -0.25) is 4.79 Å². The van der Waals surface area contributed by atoms with Crippen LogP contribution in [0.3, 0.4) is 0 Å². The molecular weight excluding hydrogens is 212 g/mol. The second-order valence-electron chi connectivity index (χ2n) is 6.39. The van der Waals surface area contributed by atoms with Crippen LogP contribution in [0.2, 0.25) is 0 Å². The predicted octanol–water partition coefficient (Wildman–Crippen LogP) is 1.76. The Labute approximate surface area is 104 Å². The van der Waals surface area contributed by atoms with E-state index in [1.807, 2.05) is 11.9 Å². The Balaban J connectivity index is 1.91. The topological polar surface area (TPSA) is 46.3 Å². The molecular formula is C14H24N2O. The van der Waals surface area contributed by atoms with E-state index in [2.05, 4.69) is 0 Å². The van der Waals surface area contributed by atoms with Crippen molar-refractivity contribution in [3.63, 3.8) is 0 Å². The van der Waals surface area contributed by atoms with Gasteiger partial charge in [0.15, 0.2) is 0 Å². The number of hydrogen-bond donors (Lipinski definition) is 1. The highest BCUT2D eigenvalue weighted by Gasteiger charge is 2.55. The van der Waals surface area contributed by atoms with E-state index in [1.54, 1.807) is 0 Å². The Morgan fingerprint density at radius 3 is 2.94 bits per heavy atom. The van der Waals surface area contributed by atoms with Crippen LogP contribution in [-0.2, 0) is 4.79 Å². The largest absolute Gasteiger partial charge is 0.339 e. The number of carbonyl (C=O) groups excluding carboxylic acids is 1. The fourth-order valence-corrected chi connectivity index (χ4v) is 5.00. The molecule has 4 atom stereocenters. The van der Waals surface area contributed by atoms with Crippen LogP contribution in [0.25, 0.3) is 0 Å². The van der Waals surface area contributed by atoms with Gasteiger partial charge in [-0.15, -0.1) is 0 Å². The summed E-state index contributed by atoms with van der Waals surface area (Å²) in [5, 5.41) is 0. The number of fused-ring (bicyclic) bond motifs is 6. The lowest BCUT2D eigenvalue weighted by Crippen LogP contribution is -2.59. The number of nitrogens with zero attached hydrogens (tertiary/aromatic N) is 1. The molecule has 2 N–H and O–H groups in total. The molecule has 0 aromatic carbocycles. The standard InChI is InChI=1S/C14H24N2O/c1-16(13(17)9-15)14-6-2-3-11(8-14)10-4-5-12(14)7-10/h10-12H,2-9,15H2,1H3. The molecule has 4 unspecified atom stereocenters. The first-order valence-electron chi connectivity index (χ1n) is 7.14. The van der Waals surface area contributed by atoms with Gasteiger partial charge in [0.1, 0.15) is 0 Å². The first-order valence-corrected chi connectivity index (χ1v) is 7.14. The molecule has 4 bridgehead atoms. The second-order valence-corrected chi connectivity index (χ2v) is 6.39. The Bertz CT molecular complexity index is 330. The summed E-state index contributed by atoms with van der Waals surface area (Å²) in [7, 11) is 2.00. The maximum atomic E-state index is 12.0. The van der Waals surface area contributed by atoms with Crippen molar-refractivity contribution in [2.45, 2.75) is 50.5 Å². The van der Waals surface area contributed by atoms with Gasteiger partial charge in [0.05, 0.1) is 6.54 Å². The highest BCUT2D eigenvalue weighted by Crippen LogP contribution is 2.58. The summed E-state index contributed by atoms with van der Waals surface area (Å²) in [6.45, 7) is 0.166. The van der Waals surface area contributed by atoms with E-state index < -0.39 is 0 Å². The minimum Gasteiger partial charge on any atom is -0.339 e. The van der Waals surface area contributed by atoms with Crippen LogP contribution in [-0.4, -0.2) is 29.9 Å².